The smallest absolute Gasteiger partial charge is 0.135 e. The molecule has 5 heteroatoms. The number of fused-ring (bicyclic) bond motifs is 1. The Morgan fingerprint density at radius 1 is 1.26 bits per heavy atom. The van der Waals surface area contributed by atoms with Crippen molar-refractivity contribution in [3.63, 3.8) is 0 Å². The first kappa shape index (κ1) is 13.1. The normalized spacial score (nSPS) is 23.8. The molecule has 2 heterocycles. The Hall–Kier alpha value is -0.870. The number of ether oxygens (including phenoxy) is 1. The summed E-state index contributed by atoms with van der Waals surface area (Å²) in [5, 5.41) is 0. The number of hydrogen-bond donors (Lipinski definition) is 0. The van der Waals surface area contributed by atoms with Gasteiger partial charge < -0.3 is 9.64 Å². The summed E-state index contributed by atoms with van der Waals surface area (Å²) in [7, 11) is 0. The van der Waals surface area contributed by atoms with Gasteiger partial charge in [-0.05, 0) is 25.7 Å². The zero-order valence-corrected chi connectivity index (χ0v) is 11.9. The van der Waals surface area contributed by atoms with E-state index < -0.39 is 0 Å². The Morgan fingerprint density at radius 2 is 2.16 bits per heavy atom. The summed E-state index contributed by atoms with van der Waals surface area (Å²) in [5.74, 6) is 1.68. The third-order valence-corrected chi connectivity index (χ3v) is 4.39. The van der Waals surface area contributed by atoms with Crippen LogP contribution in [0.2, 0.25) is 0 Å². The van der Waals surface area contributed by atoms with Crippen LogP contribution in [0, 0.1) is 0 Å². The van der Waals surface area contributed by atoms with Crippen LogP contribution in [0.5, 0.6) is 0 Å². The van der Waals surface area contributed by atoms with Crippen LogP contribution in [0.3, 0.4) is 0 Å². The van der Waals surface area contributed by atoms with E-state index in [1.807, 2.05) is 0 Å². The highest BCUT2D eigenvalue weighted by atomic mass is 35.5. The Kier molecular flexibility index (Phi) is 4.18. The van der Waals surface area contributed by atoms with Gasteiger partial charge >= 0.3 is 0 Å². The quantitative estimate of drug-likeness (QED) is 0.615. The lowest BCUT2D eigenvalue weighted by molar-refractivity contribution is 0.0992. The molecule has 0 N–H and O–H groups in total. The predicted octanol–water partition coefficient (Wildman–Crippen LogP) is 2.19. The van der Waals surface area contributed by atoms with Gasteiger partial charge in [-0.3, -0.25) is 0 Å². The van der Waals surface area contributed by atoms with Crippen molar-refractivity contribution in [2.75, 3.05) is 30.5 Å². The minimum absolute atomic E-state index is 0.234. The van der Waals surface area contributed by atoms with E-state index in [1.165, 1.54) is 30.5 Å². The molecule has 0 amide bonds. The van der Waals surface area contributed by atoms with Crippen LogP contribution < -0.4 is 4.90 Å². The van der Waals surface area contributed by atoms with Crippen molar-refractivity contribution in [2.45, 2.75) is 38.1 Å². The monoisotopic (exact) mass is 281 g/mol. The second-order valence-electron chi connectivity index (χ2n) is 5.26. The number of nitrogens with zero attached hydrogens (tertiary/aromatic N) is 3. The SMILES string of the molecule is ClCC1COCCN1c1ncnc2c1CCCCC2. The highest BCUT2D eigenvalue weighted by molar-refractivity contribution is 6.18. The van der Waals surface area contributed by atoms with Gasteiger partial charge in [0.25, 0.3) is 0 Å². The Bertz CT molecular complexity index is 441. The van der Waals surface area contributed by atoms with E-state index in [2.05, 4.69) is 14.9 Å². The second-order valence-corrected chi connectivity index (χ2v) is 5.57. The van der Waals surface area contributed by atoms with E-state index in [-0.39, 0.29) is 6.04 Å². The maximum absolute atomic E-state index is 6.08. The summed E-state index contributed by atoms with van der Waals surface area (Å²) in [6.07, 6.45) is 7.66. The lowest BCUT2D eigenvalue weighted by Gasteiger charge is -2.36. The summed E-state index contributed by atoms with van der Waals surface area (Å²) >= 11 is 6.08. The number of halogens is 1. The maximum Gasteiger partial charge on any atom is 0.135 e. The minimum atomic E-state index is 0.234. The molecule has 1 aliphatic carbocycles. The lowest BCUT2D eigenvalue weighted by Crippen LogP contribution is -2.47. The molecule has 0 saturated carbocycles. The Labute approximate surface area is 119 Å². The summed E-state index contributed by atoms with van der Waals surface area (Å²) in [6.45, 7) is 2.33. The zero-order chi connectivity index (χ0) is 13.1. The van der Waals surface area contributed by atoms with Crippen molar-refractivity contribution in [2.24, 2.45) is 0 Å². The summed E-state index contributed by atoms with van der Waals surface area (Å²) in [5.41, 5.74) is 2.58. The van der Waals surface area contributed by atoms with Crippen LogP contribution in [0.1, 0.15) is 30.5 Å². The third-order valence-electron chi connectivity index (χ3n) is 4.03. The van der Waals surface area contributed by atoms with Crippen LogP contribution in [0.25, 0.3) is 0 Å². The van der Waals surface area contributed by atoms with Crippen molar-refractivity contribution in [1.29, 1.82) is 0 Å². The fourth-order valence-electron chi connectivity index (χ4n) is 2.99. The molecular weight excluding hydrogens is 262 g/mol. The minimum Gasteiger partial charge on any atom is -0.377 e. The first-order chi connectivity index (χ1) is 9.40. The van der Waals surface area contributed by atoms with Gasteiger partial charge in [0, 0.05) is 23.7 Å². The number of hydrogen-bond acceptors (Lipinski definition) is 4. The van der Waals surface area contributed by atoms with Crippen molar-refractivity contribution in [3.05, 3.63) is 17.6 Å². The fourth-order valence-corrected chi connectivity index (χ4v) is 3.25. The van der Waals surface area contributed by atoms with Crippen molar-refractivity contribution < 1.29 is 4.74 Å². The molecule has 0 bridgehead atoms. The molecule has 104 valence electrons. The lowest BCUT2D eigenvalue weighted by atomic mass is 10.1. The molecule has 1 aromatic rings. The number of morpholine rings is 1. The van der Waals surface area contributed by atoms with E-state index in [0.717, 1.165) is 31.8 Å². The van der Waals surface area contributed by atoms with Crippen molar-refractivity contribution >= 4 is 17.4 Å². The van der Waals surface area contributed by atoms with Crippen LogP contribution >= 0.6 is 11.6 Å². The second kappa shape index (κ2) is 6.06. The van der Waals surface area contributed by atoms with Gasteiger partial charge in [0.15, 0.2) is 0 Å². The predicted molar refractivity (Wildman–Crippen MR) is 76.0 cm³/mol. The van der Waals surface area contributed by atoms with E-state index >= 15 is 0 Å². The Balaban J connectivity index is 1.95. The van der Waals surface area contributed by atoms with Gasteiger partial charge in [0.05, 0.1) is 19.3 Å². The molecule has 1 atom stereocenters. The molecule has 1 fully saturated rings. The van der Waals surface area contributed by atoms with Gasteiger partial charge in [-0.25, -0.2) is 9.97 Å². The van der Waals surface area contributed by atoms with E-state index in [9.17, 15) is 0 Å². The summed E-state index contributed by atoms with van der Waals surface area (Å²) in [6, 6.07) is 0.234. The molecule has 2 aliphatic rings. The molecular formula is C14H20ClN3O. The Morgan fingerprint density at radius 3 is 3.05 bits per heavy atom. The zero-order valence-electron chi connectivity index (χ0n) is 11.1. The van der Waals surface area contributed by atoms with E-state index in [1.54, 1.807) is 6.33 Å². The average molecular weight is 282 g/mol. The number of aryl methyl sites for hydroxylation is 1. The van der Waals surface area contributed by atoms with E-state index in [0.29, 0.717) is 12.5 Å². The van der Waals surface area contributed by atoms with Crippen LogP contribution in [0.15, 0.2) is 6.33 Å². The molecule has 1 saturated heterocycles. The standard InChI is InChI=1S/C14H20ClN3O/c15-8-11-9-19-7-6-18(11)14-12-4-2-1-3-5-13(12)16-10-17-14/h10-11H,1-9H2. The molecule has 3 rings (SSSR count). The first-order valence-corrected chi connectivity index (χ1v) is 7.66. The molecule has 19 heavy (non-hydrogen) atoms. The third kappa shape index (κ3) is 2.70. The van der Waals surface area contributed by atoms with Gasteiger partial charge in [-0.1, -0.05) is 6.42 Å². The number of alkyl halides is 1. The van der Waals surface area contributed by atoms with Crippen LogP contribution in [0.4, 0.5) is 5.82 Å². The highest BCUT2D eigenvalue weighted by Crippen LogP contribution is 2.28. The van der Waals surface area contributed by atoms with Crippen molar-refractivity contribution in [3.8, 4) is 0 Å². The molecule has 0 radical (unpaired) electrons. The molecule has 0 spiro atoms. The molecule has 1 aromatic heterocycles. The summed E-state index contributed by atoms with van der Waals surface area (Å²) < 4.78 is 5.52. The molecule has 0 aromatic carbocycles. The van der Waals surface area contributed by atoms with Gasteiger partial charge in [0.2, 0.25) is 0 Å². The maximum atomic E-state index is 6.08. The summed E-state index contributed by atoms with van der Waals surface area (Å²) in [4.78, 5) is 11.4. The highest BCUT2D eigenvalue weighted by Gasteiger charge is 2.27. The van der Waals surface area contributed by atoms with Crippen molar-refractivity contribution in [1.82, 2.24) is 9.97 Å². The van der Waals surface area contributed by atoms with E-state index in [4.69, 9.17) is 16.3 Å². The fraction of sp³-hybridized carbons (Fsp3) is 0.714. The molecule has 1 unspecified atom stereocenters. The largest absolute Gasteiger partial charge is 0.377 e. The number of anilines is 1. The van der Waals surface area contributed by atoms with Gasteiger partial charge in [0.1, 0.15) is 12.1 Å². The van der Waals surface area contributed by atoms with Crippen LogP contribution in [-0.4, -0.2) is 41.6 Å². The van der Waals surface area contributed by atoms with Gasteiger partial charge in [-0.2, -0.15) is 0 Å². The van der Waals surface area contributed by atoms with Crippen LogP contribution in [-0.2, 0) is 17.6 Å². The molecule has 4 nitrogen and oxygen atoms in total. The topological polar surface area (TPSA) is 38.2 Å². The number of aromatic nitrogens is 2. The first-order valence-electron chi connectivity index (χ1n) is 7.13. The molecule has 1 aliphatic heterocycles. The van der Waals surface area contributed by atoms with Gasteiger partial charge in [-0.15, -0.1) is 11.6 Å². The average Bonchev–Trinajstić information content (AvgIpc) is 2.72. The number of rotatable bonds is 2.